The van der Waals surface area contributed by atoms with Crippen molar-refractivity contribution in [3.05, 3.63) is 35.1 Å². The summed E-state index contributed by atoms with van der Waals surface area (Å²) in [7, 11) is 0. The van der Waals surface area contributed by atoms with Gasteiger partial charge in [0, 0.05) is 19.7 Å². The van der Waals surface area contributed by atoms with Crippen LogP contribution in [0.3, 0.4) is 0 Å². The molecule has 1 rings (SSSR count). The van der Waals surface area contributed by atoms with E-state index in [0.29, 0.717) is 25.3 Å². The van der Waals surface area contributed by atoms with Crippen molar-refractivity contribution in [2.24, 2.45) is 0 Å². The number of hydrogen-bond acceptors (Lipinski definition) is 3. The van der Waals surface area contributed by atoms with E-state index in [9.17, 15) is 9.18 Å². The number of hydrogen-bond donors (Lipinski definition) is 1. The van der Waals surface area contributed by atoms with Gasteiger partial charge in [0.05, 0.1) is 12.2 Å². The fraction of sp³-hybridized carbons (Fsp3) is 0.500. The second kappa shape index (κ2) is 7.86. The second-order valence-electron chi connectivity index (χ2n) is 4.22. The first kappa shape index (κ1) is 15.6. The van der Waals surface area contributed by atoms with Gasteiger partial charge in [-0.25, -0.2) is 9.18 Å². The molecule has 0 bridgehead atoms. The largest absolute Gasteiger partial charge is 0.478 e. The number of rotatable bonds is 8. The van der Waals surface area contributed by atoms with Gasteiger partial charge in [0.25, 0.3) is 0 Å². The molecule has 1 aromatic carbocycles. The van der Waals surface area contributed by atoms with Gasteiger partial charge in [0.2, 0.25) is 0 Å². The highest BCUT2D eigenvalue weighted by Gasteiger charge is 2.09. The predicted octanol–water partition coefficient (Wildman–Crippen LogP) is 2.38. The zero-order valence-electron chi connectivity index (χ0n) is 11.4. The van der Waals surface area contributed by atoms with Gasteiger partial charge in [-0.1, -0.05) is 6.92 Å². The highest BCUT2D eigenvalue weighted by Crippen LogP contribution is 2.12. The van der Waals surface area contributed by atoms with Gasteiger partial charge >= 0.3 is 5.97 Å². The average molecular weight is 269 g/mol. The second-order valence-corrected chi connectivity index (χ2v) is 4.22. The van der Waals surface area contributed by atoms with E-state index in [1.54, 1.807) is 0 Å². The molecule has 0 spiro atoms. The van der Waals surface area contributed by atoms with Crippen molar-refractivity contribution < 1.29 is 19.0 Å². The van der Waals surface area contributed by atoms with Crippen LogP contribution in [0.5, 0.6) is 0 Å². The molecule has 0 aliphatic rings. The molecule has 4 nitrogen and oxygen atoms in total. The van der Waals surface area contributed by atoms with Crippen LogP contribution in [0.15, 0.2) is 18.2 Å². The molecular weight excluding hydrogens is 249 g/mol. The lowest BCUT2D eigenvalue weighted by atomic mass is 10.1. The van der Waals surface area contributed by atoms with Crippen molar-refractivity contribution in [2.45, 2.75) is 20.4 Å². The van der Waals surface area contributed by atoms with Crippen LogP contribution >= 0.6 is 0 Å². The lowest BCUT2D eigenvalue weighted by Crippen LogP contribution is -2.27. The molecule has 0 saturated carbocycles. The third kappa shape index (κ3) is 5.36. The summed E-state index contributed by atoms with van der Waals surface area (Å²) >= 11 is 0. The molecule has 0 aliphatic heterocycles. The highest BCUT2D eigenvalue weighted by atomic mass is 19.1. The molecular formula is C14H20FNO3. The Hall–Kier alpha value is -1.46. The Morgan fingerprint density at radius 3 is 2.68 bits per heavy atom. The van der Waals surface area contributed by atoms with Crippen LogP contribution in [0.25, 0.3) is 0 Å². The SMILES string of the molecule is CCOCCN(CC)Cc1cc(F)cc(C(=O)O)c1. The molecule has 5 heteroatoms. The van der Waals surface area contributed by atoms with Gasteiger partial charge in [0.15, 0.2) is 0 Å². The number of ether oxygens (including phenoxy) is 1. The summed E-state index contributed by atoms with van der Waals surface area (Å²) in [6, 6.07) is 3.91. The Labute approximate surface area is 112 Å². The first-order chi connectivity index (χ1) is 9.06. The van der Waals surface area contributed by atoms with E-state index < -0.39 is 11.8 Å². The van der Waals surface area contributed by atoms with Crippen molar-refractivity contribution in [3.63, 3.8) is 0 Å². The highest BCUT2D eigenvalue weighted by molar-refractivity contribution is 5.87. The smallest absolute Gasteiger partial charge is 0.335 e. The van der Waals surface area contributed by atoms with Crippen LogP contribution in [-0.2, 0) is 11.3 Å². The minimum atomic E-state index is -1.11. The standard InChI is InChI=1S/C14H20FNO3/c1-3-16(5-6-19-4-2)10-11-7-12(14(17)18)9-13(15)8-11/h7-9H,3-6,10H2,1-2H3,(H,17,18). The summed E-state index contributed by atoms with van der Waals surface area (Å²) < 4.78 is 18.6. The Morgan fingerprint density at radius 2 is 2.11 bits per heavy atom. The Bertz CT molecular complexity index is 423. The molecule has 0 saturated heterocycles. The summed E-state index contributed by atoms with van der Waals surface area (Å²) in [5, 5.41) is 8.90. The topological polar surface area (TPSA) is 49.8 Å². The molecule has 1 N–H and O–H groups in total. The first-order valence-corrected chi connectivity index (χ1v) is 6.39. The third-order valence-corrected chi connectivity index (χ3v) is 2.81. The Balaban J connectivity index is 2.70. The van der Waals surface area contributed by atoms with Crippen LogP contribution in [-0.4, -0.2) is 42.3 Å². The van der Waals surface area contributed by atoms with Gasteiger partial charge in [-0.3, -0.25) is 4.90 Å². The maximum atomic E-state index is 13.3. The number of carboxylic acid groups (broad SMARTS) is 1. The van der Waals surface area contributed by atoms with Crippen molar-refractivity contribution >= 4 is 5.97 Å². The molecule has 19 heavy (non-hydrogen) atoms. The Kier molecular flexibility index (Phi) is 6.45. The zero-order chi connectivity index (χ0) is 14.3. The van der Waals surface area contributed by atoms with Crippen molar-refractivity contribution in [1.82, 2.24) is 4.90 Å². The van der Waals surface area contributed by atoms with Crippen molar-refractivity contribution in [1.29, 1.82) is 0 Å². The van der Waals surface area contributed by atoms with E-state index in [1.165, 1.54) is 12.1 Å². The lowest BCUT2D eigenvalue weighted by molar-refractivity contribution is 0.0696. The number of halogens is 1. The number of nitrogens with zero attached hydrogens (tertiary/aromatic N) is 1. The number of aromatic carboxylic acids is 1. The van der Waals surface area contributed by atoms with Crippen molar-refractivity contribution in [3.8, 4) is 0 Å². The lowest BCUT2D eigenvalue weighted by Gasteiger charge is -2.20. The number of carboxylic acids is 1. The van der Waals surface area contributed by atoms with Crippen LogP contribution in [0, 0.1) is 5.82 Å². The normalized spacial score (nSPS) is 10.9. The molecule has 0 heterocycles. The number of carbonyl (C=O) groups is 1. The Morgan fingerprint density at radius 1 is 1.37 bits per heavy atom. The van der Waals surface area contributed by atoms with Gasteiger partial charge in [0.1, 0.15) is 5.82 Å². The van der Waals surface area contributed by atoms with E-state index in [4.69, 9.17) is 9.84 Å². The summed E-state index contributed by atoms with van der Waals surface area (Å²) in [6.45, 7) is 7.27. The van der Waals surface area contributed by atoms with E-state index in [-0.39, 0.29) is 5.56 Å². The van der Waals surface area contributed by atoms with Gasteiger partial charge in [-0.2, -0.15) is 0 Å². The van der Waals surface area contributed by atoms with Crippen LogP contribution in [0.1, 0.15) is 29.8 Å². The van der Waals surface area contributed by atoms with Gasteiger partial charge < -0.3 is 9.84 Å². The summed E-state index contributed by atoms with van der Waals surface area (Å²) in [5.41, 5.74) is 0.645. The average Bonchev–Trinajstić information content (AvgIpc) is 2.37. The summed E-state index contributed by atoms with van der Waals surface area (Å²) in [5.74, 6) is -1.63. The monoisotopic (exact) mass is 269 g/mol. The van der Waals surface area contributed by atoms with E-state index >= 15 is 0 Å². The molecule has 0 aromatic heterocycles. The van der Waals surface area contributed by atoms with Crippen LogP contribution in [0.2, 0.25) is 0 Å². The minimum Gasteiger partial charge on any atom is -0.478 e. The maximum Gasteiger partial charge on any atom is 0.335 e. The first-order valence-electron chi connectivity index (χ1n) is 6.39. The van der Waals surface area contributed by atoms with E-state index in [1.807, 2.05) is 13.8 Å². The molecule has 106 valence electrons. The minimum absolute atomic E-state index is 0.0177. The third-order valence-electron chi connectivity index (χ3n) is 2.81. The summed E-state index contributed by atoms with van der Waals surface area (Å²) in [6.07, 6.45) is 0. The van der Waals surface area contributed by atoms with Crippen molar-refractivity contribution in [2.75, 3.05) is 26.3 Å². The summed E-state index contributed by atoms with van der Waals surface area (Å²) in [4.78, 5) is 13.0. The van der Waals surface area contributed by atoms with Gasteiger partial charge in [-0.05, 0) is 37.2 Å². The fourth-order valence-corrected chi connectivity index (χ4v) is 1.81. The predicted molar refractivity (Wildman–Crippen MR) is 70.8 cm³/mol. The molecule has 0 aliphatic carbocycles. The van der Waals surface area contributed by atoms with Crippen LogP contribution < -0.4 is 0 Å². The fourth-order valence-electron chi connectivity index (χ4n) is 1.81. The quantitative estimate of drug-likeness (QED) is 0.736. The van der Waals surface area contributed by atoms with Gasteiger partial charge in [-0.15, -0.1) is 0 Å². The van der Waals surface area contributed by atoms with E-state index in [2.05, 4.69) is 4.90 Å². The number of likely N-dealkylation sites (N-methyl/N-ethyl adjacent to an activating group) is 1. The molecule has 0 radical (unpaired) electrons. The molecule has 0 fully saturated rings. The molecule has 0 atom stereocenters. The molecule has 1 aromatic rings. The van der Waals surface area contributed by atoms with Crippen LogP contribution in [0.4, 0.5) is 4.39 Å². The zero-order valence-corrected chi connectivity index (χ0v) is 11.4. The molecule has 0 unspecified atom stereocenters. The van der Waals surface area contributed by atoms with E-state index in [0.717, 1.165) is 19.2 Å². The maximum absolute atomic E-state index is 13.3. The molecule has 0 amide bonds. The number of benzene rings is 1.